The quantitative estimate of drug-likeness (QED) is 0.271. The summed E-state index contributed by atoms with van der Waals surface area (Å²) in [5.41, 5.74) is 11.9. The molecule has 9 heteroatoms. The molecule has 2 amide bonds. The monoisotopic (exact) mass is 542 g/mol. The molecule has 0 saturated heterocycles. The predicted octanol–water partition coefficient (Wildman–Crippen LogP) is 4.54. The summed E-state index contributed by atoms with van der Waals surface area (Å²) in [6, 6.07) is 19.5. The van der Waals surface area contributed by atoms with E-state index in [0.717, 1.165) is 40.2 Å². The van der Waals surface area contributed by atoms with Crippen molar-refractivity contribution < 1.29 is 9.59 Å². The topological polar surface area (TPSA) is 113 Å². The van der Waals surface area contributed by atoms with Crippen LogP contribution in [0.25, 0.3) is 22.4 Å². The van der Waals surface area contributed by atoms with Gasteiger partial charge in [0.1, 0.15) is 0 Å². The van der Waals surface area contributed by atoms with Crippen molar-refractivity contribution in [1.29, 1.82) is 0 Å². The molecule has 0 fully saturated rings. The summed E-state index contributed by atoms with van der Waals surface area (Å²) in [6.45, 7) is 5.11. The highest BCUT2D eigenvalue weighted by molar-refractivity contribution is 7.14. The van der Waals surface area contributed by atoms with Crippen molar-refractivity contribution in [1.82, 2.24) is 20.2 Å². The van der Waals surface area contributed by atoms with Crippen LogP contribution in [0.3, 0.4) is 0 Å². The van der Waals surface area contributed by atoms with Crippen LogP contribution in [0.1, 0.15) is 35.5 Å². The lowest BCUT2D eigenvalue weighted by molar-refractivity contribution is -0.115. The lowest BCUT2D eigenvalue weighted by atomic mass is 9.84. The van der Waals surface area contributed by atoms with E-state index in [1.165, 1.54) is 11.3 Å². The van der Waals surface area contributed by atoms with Crippen LogP contribution < -0.4 is 16.4 Å². The molecule has 4 aromatic rings. The average Bonchev–Trinajstić information content (AvgIpc) is 3.40. The van der Waals surface area contributed by atoms with Gasteiger partial charge in [-0.05, 0) is 61.1 Å². The Morgan fingerprint density at radius 2 is 1.74 bits per heavy atom. The number of hydrogen-bond donors (Lipinski definition) is 3. The van der Waals surface area contributed by atoms with Crippen LogP contribution in [0.4, 0.5) is 5.13 Å². The van der Waals surface area contributed by atoms with Crippen molar-refractivity contribution in [2.24, 2.45) is 5.73 Å². The van der Waals surface area contributed by atoms with Gasteiger partial charge in [-0.25, -0.2) is 4.98 Å². The zero-order valence-corrected chi connectivity index (χ0v) is 23.5. The normalized spacial score (nSPS) is 11.4. The molecule has 2 aromatic heterocycles. The number of anilines is 1. The zero-order valence-electron chi connectivity index (χ0n) is 22.7. The van der Waals surface area contributed by atoms with Gasteiger partial charge in [0.05, 0.1) is 17.9 Å². The van der Waals surface area contributed by atoms with Gasteiger partial charge >= 0.3 is 0 Å². The van der Waals surface area contributed by atoms with Crippen molar-refractivity contribution in [2.75, 3.05) is 32.5 Å². The highest BCUT2D eigenvalue weighted by Gasteiger charge is 2.20. The van der Waals surface area contributed by atoms with E-state index in [-0.39, 0.29) is 23.8 Å². The molecule has 0 saturated carbocycles. The first kappa shape index (κ1) is 28.1. The largest absolute Gasteiger partial charge is 0.343 e. The molecule has 2 heterocycles. The molecule has 0 spiro atoms. The SMILES string of the molecule is CN(C)Cc1cc(-c2cccc(-c3csc(NC(=O)CNC(=O)c4cccc(C(C)(C)CN)c4)n3)c2)ccn1. The summed E-state index contributed by atoms with van der Waals surface area (Å²) in [5.74, 6) is -0.664. The Bertz CT molecular complexity index is 1460. The summed E-state index contributed by atoms with van der Waals surface area (Å²) < 4.78 is 0. The molecule has 4 rings (SSSR count). The van der Waals surface area contributed by atoms with Gasteiger partial charge in [-0.1, -0.05) is 44.2 Å². The molecule has 0 aliphatic carbocycles. The lowest BCUT2D eigenvalue weighted by Gasteiger charge is -2.23. The number of nitrogens with zero attached hydrogens (tertiary/aromatic N) is 3. The molecule has 0 bridgehead atoms. The second-order valence-electron chi connectivity index (χ2n) is 10.3. The number of nitrogens with one attached hydrogen (secondary N) is 2. The number of thiazole rings is 1. The summed E-state index contributed by atoms with van der Waals surface area (Å²) in [5, 5.41) is 7.84. The first-order chi connectivity index (χ1) is 18.6. The minimum atomic E-state index is -0.346. The van der Waals surface area contributed by atoms with E-state index in [1.807, 2.05) is 75.9 Å². The van der Waals surface area contributed by atoms with Gasteiger partial charge < -0.3 is 21.3 Å². The Morgan fingerprint density at radius 3 is 2.51 bits per heavy atom. The lowest BCUT2D eigenvalue weighted by Crippen LogP contribution is -2.33. The van der Waals surface area contributed by atoms with Crippen LogP contribution in [0.15, 0.2) is 72.2 Å². The van der Waals surface area contributed by atoms with Gasteiger partial charge in [0.2, 0.25) is 5.91 Å². The number of amides is 2. The number of nitrogens with two attached hydrogens (primary N) is 1. The highest BCUT2D eigenvalue weighted by Crippen LogP contribution is 2.29. The summed E-state index contributed by atoms with van der Waals surface area (Å²) >= 11 is 1.34. The fourth-order valence-electron chi connectivity index (χ4n) is 4.02. The van der Waals surface area contributed by atoms with E-state index >= 15 is 0 Å². The Kier molecular flexibility index (Phi) is 8.86. The Labute approximate surface area is 233 Å². The zero-order chi connectivity index (χ0) is 28.0. The number of carbonyl (C=O) groups is 2. The fraction of sp³-hybridized carbons (Fsp3) is 0.267. The van der Waals surface area contributed by atoms with Gasteiger partial charge in [-0.3, -0.25) is 14.6 Å². The standard InChI is InChI=1S/C30H34N6O2S/c1-30(2,19-31)24-10-6-9-23(14-24)28(38)33-16-27(37)35-29-34-26(18-39-29)22-8-5-7-20(13-22)21-11-12-32-25(15-21)17-36(3)4/h5-15,18H,16-17,19,31H2,1-4H3,(H,33,38)(H,34,35,37). The number of carbonyl (C=O) groups excluding carboxylic acids is 2. The molecule has 4 N–H and O–H groups in total. The molecule has 0 aliphatic rings. The summed E-state index contributed by atoms with van der Waals surface area (Å²) in [6.07, 6.45) is 1.83. The minimum Gasteiger partial charge on any atom is -0.343 e. The van der Waals surface area contributed by atoms with Crippen LogP contribution in [-0.2, 0) is 16.8 Å². The number of benzene rings is 2. The van der Waals surface area contributed by atoms with E-state index in [4.69, 9.17) is 5.73 Å². The van der Waals surface area contributed by atoms with E-state index in [0.29, 0.717) is 17.2 Å². The number of pyridine rings is 1. The van der Waals surface area contributed by atoms with Crippen molar-refractivity contribution in [3.8, 4) is 22.4 Å². The van der Waals surface area contributed by atoms with Gasteiger partial charge in [-0.15, -0.1) is 11.3 Å². The Balaban J connectivity index is 1.38. The first-order valence-corrected chi connectivity index (χ1v) is 13.6. The molecule has 39 heavy (non-hydrogen) atoms. The second-order valence-corrected chi connectivity index (χ2v) is 11.2. The van der Waals surface area contributed by atoms with E-state index in [9.17, 15) is 9.59 Å². The predicted molar refractivity (Wildman–Crippen MR) is 158 cm³/mol. The van der Waals surface area contributed by atoms with Crippen LogP contribution >= 0.6 is 11.3 Å². The molecule has 0 radical (unpaired) electrons. The highest BCUT2D eigenvalue weighted by atomic mass is 32.1. The second kappa shape index (κ2) is 12.3. The average molecular weight is 543 g/mol. The maximum absolute atomic E-state index is 12.6. The van der Waals surface area contributed by atoms with Crippen LogP contribution in [0.5, 0.6) is 0 Å². The van der Waals surface area contributed by atoms with E-state index in [2.05, 4.69) is 43.7 Å². The third-order valence-electron chi connectivity index (χ3n) is 6.36. The van der Waals surface area contributed by atoms with Crippen molar-refractivity contribution >= 4 is 28.3 Å². The molecular formula is C30H34N6O2S. The van der Waals surface area contributed by atoms with Gasteiger partial charge in [-0.2, -0.15) is 0 Å². The maximum Gasteiger partial charge on any atom is 0.251 e. The van der Waals surface area contributed by atoms with Crippen LogP contribution in [0, 0.1) is 0 Å². The number of hydrogen-bond acceptors (Lipinski definition) is 7. The molecule has 2 aromatic carbocycles. The fourth-order valence-corrected chi connectivity index (χ4v) is 4.75. The van der Waals surface area contributed by atoms with Gasteiger partial charge in [0.15, 0.2) is 5.13 Å². The molecule has 8 nitrogen and oxygen atoms in total. The minimum absolute atomic E-state index is 0.162. The third kappa shape index (κ3) is 7.35. The van der Waals surface area contributed by atoms with Crippen molar-refractivity contribution in [3.63, 3.8) is 0 Å². The summed E-state index contributed by atoms with van der Waals surface area (Å²) in [4.78, 5) is 36.3. The Hall–Kier alpha value is -3.92. The smallest absolute Gasteiger partial charge is 0.251 e. The maximum atomic E-state index is 12.6. The molecule has 0 atom stereocenters. The summed E-state index contributed by atoms with van der Waals surface area (Å²) in [7, 11) is 4.04. The molecule has 202 valence electrons. The van der Waals surface area contributed by atoms with E-state index < -0.39 is 0 Å². The van der Waals surface area contributed by atoms with Crippen LogP contribution in [-0.4, -0.2) is 53.9 Å². The van der Waals surface area contributed by atoms with Gasteiger partial charge in [0, 0.05) is 41.2 Å². The van der Waals surface area contributed by atoms with Crippen LogP contribution in [0.2, 0.25) is 0 Å². The molecule has 0 unspecified atom stereocenters. The van der Waals surface area contributed by atoms with Crippen molar-refractivity contribution in [3.05, 3.63) is 89.1 Å². The van der Waals surface area contributed by atoms with Crippen molar-refractivity contribution in [2.45, 2.75) is 25.8 Å². The first-order valence-electron chi connectivity index (χ1n) is 12.7. The van der Waals surface area contributed by atoms with E-state index in [1.54, 1.807) is 6.07 Å². The van der Waals surface area contributed by atoms with Gasteiger partial charge in [0.25, 0.3) is 5.91 Å². The Morgan fingerprint density at radius 1 is 1.00 bits per heavy atom. The third-order valence-corrected chi connectivity index (χ3v) is 7.12. The molecular weight excluding hydrogens is 508 g/mol. The number of rotatable bonds is 10. The number of aromatic nitrogens is 2. The molecule has 0 aliphatic heterocycles.